The van der Waals surface area contributed by atoms with Gasteiger partial charge in [0.1, 0.15) is 5.82 Å². The van der Waals surface area contributed by atoms with E-state index in [0.29, 0.717) is 11.7 Å². The van der Waals surface area contributed by atoms with Crippen LogP contribution < -0.4 is 29.6 Å². The predicted molar refractivity (Wildman–Crippen MR) is 110 cm³/mol. The van der Waals surface area contributed by atoms with Gasteiger partial charge in [0.15, 0.2) is 23.0 Å². The Kier molecular flexibility index (Phi) is 5.51. The van der Waals surface area contributed by atoms with Crippen molar-refractivity contribution in [1.82, 2.24) is 9.97 Å². The molecule has 0 saturated carbocycles. The highest BCUT2D eigenvalue weighted by molar-refractivity contribution is 5.61. The molecule has 2 N–H and O–H groups in total. The van der Waals surface area contributed by atoms with Gasteiger partial charge in [-0.1, -0.05) is 6.07 Å². The smallest absolute Gasteiger partial charge is 0.231 e. The Morgan fingerprint density at radius 2 is 1.83 bits per heavy atom. The van der Waals surface area contributed by atoms with Crippen LogP contribution in [0.5, 0.6) is 23.0 Å². The van der Waals surface area contributed by atoms with Gasteiger partial charge in [-0.25, -0.2) is 4.98 Å². The fourth-order valence-corrected chi connectivity index (χ4v) is 2.99. The molecule has 1 aliphatic heterocycles. The zero-order chi connectivity index (χ0) is 20.1. The number of nitrogens with zero attached hydrogens (tertiary/aromatic N) is 2. The van der Waals surface area contributed by atoms with Crippen molar-refractivity contribution in [2.75, 3.05) is 38.2 Å². The van der Waals surface area contributed by atoms with Crippen LogP contribution in [-0.4, -0.2) is 37.5 Å². The molecule has 0 unspecified atom stereocenters. The number of fused-ring (bicyclic) bond motifs is 1. The van der Waals surface area contributed by atoms with E-state index in [-0.39, 0.29) is 6.79 Å². The van der Waals surface area contributed by atoms with Crippen LogP contribution in [0, 0.1) is 0 Å². The number of benzene rings is 2. The monoisotopic (exact) mass is 394 g/mol. The average Bonchev–Trinajstić information content (AvgIpc) is 3.22. The second-order valence-electron chi connectivity index (χ2n) is 6.32. The van der Waals surface area contributed by atoms with Crippen LogP contribution >= 0.6 is 0 Å². The number of ether oxygens (including phenoxy) is 4. The number of methoxy groups -OCH3 is 2. The normalized spacial score (nSPS) is 11.8. The molecule has 1 aromatic heterocycles. The molecular formula is C21H22N4O4. The number of hydrogen-bond acceptors (Lipinski definition) is 8. The number of rotatable bonds is 8. The van der Waals surface area contributed by atoms with Gasteiger partial charge in [-0.2, -0.15) is 4.98 Å². The Labute approximate surface area is 168 Å². The maximum absolute atomic E-state index is 5.39. The van der Waals surface area contributed by atoms with Crippen molar-refractivity contribution in [3.8, 4) is 23.0 Å². The Bertz CT molecular complexity index is 996. The summed E-state index contributed by atoms with van der Waals surface area (Å²) in [6.07, 6.45) is 2.52. The lowest BCUT2D eigenvalue weighted by Gasteiger charge is -2.11. The molecule has 2 aromatic carbocycles. The van der Waals surface area contributed by atoms with Gasteiger partial charge in [0, 0.05) is 24.5 Å². The van der Waals surface area contributed by atoms with E-state index in [9.17, 15) is 0 Å². The molecule has 0 saturated heterocycles. The van der Waals surface area contributed by atoms with Gasteiger partial charge in [0.25, 0.3) is 0 Å². The maximum atomic E-state index is 5.39. The van der Waals surface area contributed by atoms with E-state index in [2.05, 4.69) is 20.6 Å². The third kappa shape index (κ3) is 4.43. The van der Waals surface area contributed by atoms with E-state index >= 15 is 0 Å². The molecule has 2 heterocycles. The van der Waals surface area contributed by atoms with Crippen LogP contribution in [0.4, 0.5) is 17.5 Å². The molecule has 0 aliphatic carbocycles. The Hall–Kier alpha value is -3.68. The lowest BCUT2D eigenvalue weighted by atomic mass is 10.1. The summed E-state index contributed by atoms with van der Waals surface area (Å²) in [5.41, 5.74) is 1.97. The van der Waals surface area contributed by atoms with Crippen molar-refractivity contribution in [2.45, 2.75) is 6.42 Å². The molecule has 3 aromatic rings. The highest BCUT2D eigenvalue weighted by atomic mass is 16.7. The van der Waals surface area contributed by atoms with Gasteiger partial charge < -0.3 is 29.6 Å². The van der Waals surface area contributed by atoms with Crippen molar-refractivity contribution in [2.24, 2.45) is 0 Å². The molecule has 8 nitrogen and oxygen atoms in total. The molecule has 8 heteroatoms. The second-order valence-corrected chi connectivity index (χ2v) is 6.32. The Morgan fingerprint density at radius 1 is 0.966 bits per heavy atom. The van der Waals surface area contributed by atoms with Crippen LogP contribution in [0.25, 0.3) is 0 Å². The number of nitrogens with one attached hydrogen (secondary N) is 2. The van der Waals surface area contributed by atoms with Crippen molar-refractivity contribution < 1.29 is 18.9 Å². The van der Waals surface area contributed by atoms with Crippen molar-refractivity contribution in [3.63, 3.8) is 0 Å². The number of aromatic nitrogens is 2. The fraction of sp³-hybridized carbons (Fsp3) is 0.238. The van der Waals surface area contributed by atoms with Gasteiger partial charge in [-0.3, -0.25) is 0 Å². The molecule has 150 valence electrons. The van der Waals surface area contributed by atoms with E-state index < -0.39 is 0 Å². The van der Waals surface area contributed by atoms with E-state index in [1.165, 1.54) is 0 Å². The summed E-state index contributed by atoms with van der Waals surface area (Å²) in [4.78, 5) is 8.78. The first-order valence-corrected chi connectivity index (χ1v) is 9.19. The van der Waals surface area contributed by atoms with Crippen molar-refractivity contribution >= 4 is 17.5 Å². The molecular weight excluding hydrogens is 372 g/mol. The van der Waals surface area contributed by atoms with Gasteiger partial charge in [-0.05, 0) is 42.3 Å². The summed E-state index contributed by atoms with van der Waals surface area (Å²) in [5.74, 6) is 4.13. The van der Waals surface area contributed by atoms with Gasteiger partial charge in [0.2, 0.25) is 12.7 Å². The molecule has 0 amide bonds. The zero-order valence-corrected chi connectivity index (χ0v) is 16.3. The largest absolute Gasteiger partial charge is 0.493 e. The molecule has 29 heavy (non-hydrogen) atoms. The number of anilines is 3. The molecule has 0 fully saturated rings. The van der Waals surface area contributed by atoms with Crippen LogP contribution in [0.2, 0.25) is 0 Å². The van der Waals surface area contributed by atoms with Crippen LogP contribution in [0.3, 0.4) is 0 Å². The zero-order valence-electron chi connectivity index (χ0n) is 16.3. The van der Waals surface area contributed by atoms with Crippen LogP contribution in [0.15, 0.2) is 48.7 Å². The van der Waals surface area contributed by atoms with Crippen LogP contribution in [0.1, 0.15) is 5.56 Å². The summed E-state index contributed by atoms with van der Waals surface area (Å²) < 4.78 is 21.3. The summed E-state index contributed by atoms with van der Waals surface area (Å²) in [6, 6.07) is 13.4. The minimum atomic E-state index is 0.245. The Balaban J connectivity index is 1.35. The highest BCUT2D eigenvalue weighted by Gasteiger charge is 2.13. The first-order chi connectivity index (χ1) is 14.2. The third-order valence-corrected chi connectivity index (χ3v) is 4.45. The SMILES string of the molecule is COc1ccc(CCNc2ccnc(Nc3ccc4c(c3)OCO4)n2)cc1OC. The third-order valence-electron chi connectivity index (χ3n) is 4.45. The second kappa shape index (κ2) is 8.55. The lowest BCUT2D eigenvalue weighted by molar-refractivity contribution is 0.174. The molecule has 0 bridgehead atoms. The number of hydrogen-bond donors (Lipinski definition) is 2. The van der Waals surface area contributed by atoms with Gasteiger partial charge in [0.05, 0.1) is 14.2 Å². The minimum Gasteiger partial charge on any atom is -0.493 e. The summed E-state index contributed by atoms with van der Waals surface area (Å²) in [7, 11) is 3.26. The predicted octanol–water partition coefficient (Wildman–Crippen LogP) is 3.62. The lowest BCUT2D eigenvalue weighted by Crippen LogP contribution is -2.08. The van der Waals surface area contributed by atoms with Crippen molar-refractivity contribution in [3.05, 3.63) is 54.2 Å². The summed E-state index contributed by atoms with van der Waals surface area (Å²) in [6.45, 7) is 0.963. The molecule has 0 atom stereocenters. The topological polar surface area (TPSA) is 86.8 Å². The van der Waals surface area contributed by atoms with E-state index in [1.807, 2.05) is 42.5 Å². The maximum Gasteiger partial charge on any atom is 0.231 e. The summed E-state index contributed by atoms with van der Waals surface area (Å²) in [5, 5.41) is 6.50. The molecule has 0 radical (unpaired) electrons. The van der Waals surface area contributed by atoms with E-state index in [1.54, 1.807) is 20.4 Å². The molecule has 0 spiro atoms. The fourth-order valence-electron chi connectivity index (χ4n) is 2.99. The van der Waals surface area contributed by atoms with E-state index in [0.717, 1.165) is 47.3 Å². The van der Waals surface area contributed by atoms with Crippen molar-refractivity contribution in [1.29, 1.82) is 0 Å². The molecule has 1 aliphatic rings. The Morgan fingerprint density at radius 3 is 2.69 bits per heavy atom. The van der Waals surface area contributed by atoms with E-state index in [4.69, 9.17) is 18.9 Å². The summed E-state index contributed by atoms with van der Waals surface area (Å²) >= 11 is 0. The van der Waals surface area contributed by atoms with Gasteiger partial charge >= 0.3 is 0 Å². The first kappa shape index (κ1) is 18.7. The standard InChI is InChI=1S/C21H22N4O4/c1-26-16-5-3-14(11-18(16)27-2)7-9-22-20-8-10-23-21(25-20)24-15-4-6-17-19(12-15)29-13-28-17/h3-6,8,10-12H,7,9,13H2,1-2H3,(H2,22,23,24,25). The quantitative estimate of drug-likeness (QED) is 0.599. The minimum absolute atomic E-state index is 0.245. The van der Waals surface area contributed by atoms with Crippen LogP contribution in [-0.2, 0) is 6.42 Å². The first-order valence-electron chi connectivity index (χ1n) is 9.19. The average molecular weight is 394 g/mol. The highest BCUT2D eigenvalue weighted by Crippen LogP contribution is 2.34. The molecule has 4 rings (SSSR count). The van der Waals surface area contributed by atoms with Gasteiger partial charge in [-0.15, -0.1) is 0 Å².